The van der Waals surface area contributed by atoms with Crippen molar-refractivity contribution in [2.45, 2.75) is 0 Å². The zero-order chi connectivity index (χ0) is 15.9. The van der Waals surface area contributed by atoms with Crippen LogP contribution in [0.1, 0.15) is 0 Å². The van der Waals surface area contributed by atoms with Crippen molar-refractivity contribution in [3.05, 3.63) is 28.7 Å². The molecule has 0 radical (unpaired) electrons. The Kier molecular flexibility index (Phi) is 8.54. The van der Waals surface area contributed by atoms with Gasteiger partial charge in [0.15, 0.2) is 0 Å². The average molecular weight is 406 g/mol. The molecule has 1 aliphatic rings. The first-order valence-electron chi connectivity index (χ1n) is 7.28. The third-order valence-electron chi connectivity index (χ3n) is 3.55. The topological polar surface area (TPSA) is 64.7 Å². The van der Waals surface area contributed by atoms with Crippen LogP contribution in [0, 0.1) is 0 Å². The van der Waals surface area contributed by atoms with Gasteiger partial charge in [-0.25, -0.2) is 0 Å². The lowest BCUT2D eigenvalue weighted by molar-refractivity contribution is -0.132. The lowest BCUT2D eigenvalue weighted by Gasteiger charge is -2.34. The van der Waals surface area contributed by atoms with Crippen LogP contribution in [0.2, 0.25) is 0 Å². The van der Waals surface area contributed by atoms with Gasteiger partial charge in [-0.1, -0.05) is 15.9 Å². The summed E-state index contributed by atoms with van der Waals surface area (Å²) in [6, 6.07) is 7.50. The van der Waals surface area contributed by atoms with Crippen molar-refractivity contribution in [2.24, 2.45) is 0 Å². The number of piperazine rings is 1. The smallest absolute Gasteiger partial charge is 0.238 e. The number of carbonyl (C=O) groups is 2. The molecule has 0 saturated carbocycles. The molecular weight excluding hydrogens is 384 g/mol. The SMILES string of the molecule is CNCC(=O)N1CCN(CC(=O)Nc2ccc(Br)cc2)CC1.Cl. The number of carbonyl (C=O) groups excluding carboxylic acids is 2. The van der Waals surface area contributed by atoms with Gasteiger partial charge in [-0.15, -0.1) is 12.4 Å². The number of hydrogen-bond acceptors (Lipinski definition) is 4. The predicted molar refractivity (Wildman–Crippen MR) is 97.0 cm³/mol. The summed E-state index contributed by atoms with van der Waals surface area (Å²) in [4.78, 5) is 27.7. The van der Waals surface area contributed by atoms with Gasteiger partial charge in [-0.05, 0) is 31.3 Å². The van der Waals surface area contributed by atoms with Crippen molar-refractivity contribution in [3.63, 3.8) is 0 Å². The van der Waals surface area contributed by atoms with Gasteiger partial charge in [0.1, 0.15) is 0 Å². The van der Waals surface area contributed by atoms with Crippen molar-refractivity contribution >= 4 is 45.8 Å². The fourth-order valence-electron chi connectivity index (χ4n) is 2.36. The van der Waals surface area contributed by atoms with E-state index in [4.69, 9.17) is 0 Å². The van der Waals surface area contributed by atoms with Gasteiger partial charge in [0, 0.05) is 36.3 Å². The number of hydrogen-bond donors (Lipinski definition) is 2. The molecular formula is C15H22BrClN4O2. The highest BCUT2D eigenvalue weighted by atomic mass is 79.9. The molecule has 0 atom stereocenters. The molecule has 0 bridgehead atoms. The third kappa shape index (κ3) is 6.47. The Morgan fingerprint density at radius 2 is 1.74 bits per heavy atom. The molecule has 23 heavy (non-hydrogen) atoms. The molecule has 2 rings (SSSR count). The molecule has 1 aromatic carbocycles. The summed E-state index contributed by atoms with van der Waals surface area (Å²) in [6.45, 7) is 3.51. The van der Waals surface area contributed by atoms with Gasteiger partial charge in [-0.2, -0.15) is 0 Å². The quantitative estimate of drug-likeness (QED) is 0.772. The molecule has 1 aliphatic heterocycles. The van der Waals surface area contributed by atoms with Crippen LogP contribution in [0.5, 0.6) is 0 Å². The first-order valence-corrected chi connectivity index (χ1v) is 8.08. The molecule has 1 heterocycles. The molecule has 2 amide bonds. The van der Waals surface area contributed by atoms with Crippen LogP contribution in [-0.2, 0) is 9.59 Å². The highest BCUT2D eigenvalue weighted by molar-refractivity contribution is 9.10. The van der Waals surface area contributed by atoms with Crippen molar-refractivity contribution in [3.8, 4) is 0 Å². The van der Waals surface area contributed by atoms with Crippen LogP contribution in [0.3, 0.4) is 0 Å². The van der Waals surface area contributed by atoms with Gasteiger partial charge in [-0.3, -0.25) is 14.5 Å². The minimum atomic E-state index is -0.0303. The summed E-state index contributed by atoms with van der Waals surface area (Å²) in [7, 11) is 1.76. The van der Waals surface area contributed by atoms with Crippen molar-refractivity contribution < 1.29 is 9.59 Å². The molecule has 0 spiro atoms. The van der Waals surface area contributed by atoms with Crippen molar-refractivity contribution in [1.29, 1.82) is 0 Å². The van der Waals surface area contributed by atoms with Crippen LogP contribution in [-0.4, -0.2) is 67.9 Å². The molecule has 0 unspecified atom stereocenters. The summed E-state index contributed by atoms with van der Waals surface area (Å²) in [6.07, 6.45) is 0. The Hall–Kier alpha value is -1.15. The highest BCUT2D eigenvalue weighted by Gasteiger charge is 2.21. The maximum absolute atomic E-state index is 12.0. The van der Waals surface area contributed by atoms with E-state index < -0.39 is 0 Å². The normalized spacial score (nSPS) is 15.0. The van der Waals surface area contributed by atoms with E-state index in [0.717, 1.165) is 23.2 Å². The third-order valence-corrected chi connectivity index (χ3v) is 4.08. The Morgan fingerprint density at radius 1 is 1.13 bits per heavy atom. The molecule has 1 saturated heterocycles. The van der Waals surface area contributed by atoms with Gasteiger partial charge in [0.2, 0.25) is 11.8 Å². The Morgan fingerprint density at radius 3 is 2.30 bits per heavy atom. The second kappa shape index (κ2) is 9.87. The average Bonchev–Trinajstić information content (AvgIpc) is 2.50. The standard InChI is InChI=1S/C15H21BrN4O2.ClH/c1-17-10-15(22)20-8-6-19(7-9-20)11-14(21)18-13-4-2-12(16)3-5-13;/h2-5,17H,6-11H2,1H3,(H,18,21);1H. The van der Waals surface area contributed by atoms with E-state index >= 15 is 0 Å². The number of benzene rings is 1. The zero-order valence-corrected chi connectivity index (χ0v) is 15.5. The van der Waals surface area contributed by atoms with Crippen LogP contribution in [0.4, 0.5) is 5.69 Å². The fraction of sp³-hybridized carbons (Fsp3) is 0.467. The van der Waals surface area contributed by atoms with E-state index in [0.29, 0.717) is 26.2 Å². The van der Waals surface area contributed by atoms with E-state index in [1.807, 2.05) is 29.2 Å². The number of amides is 2. The second-order valence-corrected chi connectivity index (χ2v) is 6.16. The minimum absolute atomic E-state index is 0. The largest absolute Gasteiger partial charge is 0.339 e. The van der Waals surface area contributed by atoms with Crippen LogP contribution in [0.25, 0.3) is 0 Å². The molecule has 6 nitrogen and oxygen atoms in total. The molecule has 2 N–H and O–H groups in total. The Labute approximate surface area is 151 Å². The number of rotatable bonds is 5. The first-order chi connectivity index (χ1) is 10.6. The van der Waals surface area contributed by atoms with E-state index in [1.165, 1.54) is 0 Å². The Bertz CT molecular complexity index is 519. The molecule has 8 heteroatoms. The van der Waals surface area contributed by atoms with Crippen LogP contribution in [0.15, 0.2) is 28.7 Å². The summed E-state index contributed by atoms with van der Waals surface area (Å²) in [5.74, 6) is 0.0822. The minimum Gasteiger partial charge on any atom is -0.339 e. The van der Waals surface area contributed by atoms with Crippen molar-refractivity contribution in [2.75, 3.05) is 51.6 Å². The highest BCUT2D eigenvalue weighted by Crippen LogP contribution is 2.14. The molecule has 0 aliphatic carbocycles. The van der Waals surface area contributed by atoms with Gasteiger partial charge in [0.05, 0.1) is 13.1 Å². The van der Waals surface area contributed by atoms with Crippen molar-refractivity contribution in [1.82, 2.24) is 15.1 Å². The van der Waals surface area contributed by atoms with E-state index in [-0.39, 0.29) is 24.2 Å². The maximum atomic E-state index is 12.0. The predicted octanol–water partition coefficient (Wildman–Crippen LogP) is 1.17. The lowest BCUT2D eigenvalue weighted by Crippen LogP contribution is -2.51. The zero-order valence-electron chi connectivity index (χ0n) is 13.0. The van der Waals surface area contributed by atoms with E-state index in [1.54, 1.807) is 7.05 Å². The number of nitrogens with zero attached hydrogens (tertiary/aromatic N) is 2. The summed E-state index contributed by atoms with van der Waals surface area (Å²) < 4.78 is 0.979. The summed E-state index contributed by atoms with van der Waals surface area (Å²) in [5.41, 5.74) is 0.788. The molecule has 0 aromatic heterocycles. The number of likely N-dealkylation sites (N-methyl/N-ethyl adjacent to an activating group) is 1. The van der Waals surface area contributed by atoms with Gasteiger partial charge >= 0.3 is 0 Å². The molecule has 128 valence electrons. The molecule has 1 aromatic rings. The first kappa shape index (κ1) is 19.9. The summed E-state index contributed by atoms with van der Waals surface area (Å²) >= 11 is 3.36. The van der Waals surface area contributed by atoms with Crippen LogP contribution < -0.4 is 10.6 Å². The number of nitrogens with one attached hydrogen (secondary N) is 2. The van der Waals surface area contributed by atoms with E-state index in [2.05, 4.69) is 31.5 Å². The van der Waals surface area contributed by atoms with E-state index in [9.17, 15) is 9.59 Å². The van der Waals surface area contributed by atoms with Gasteiger partial charge in [0.25, 0.3) is 0 Å². The summed E-state index contributed by atoms with van der Waals surface area (Å²) in [5, 5.41) is 5.75. The lowest BCUT2D eigenvalue weighted by atomic mass is 10.3. The molecule has 1 fully saturated rings. The maximum Gasteiger partial charge on any atom is 0.238 e. The van der Waals surface area contributed by atoms with Crippen LogP contribution >= 0.6 is 28.3 Å². The Balaban J connectivity index is 0.00000264. The number of halogens is 2. The monoisotopic (exact) mass is 404 g/mol. The fourth-order valence-corrected chi connectivity index (χ4v) is 2.62. The van der Waals surface area contributed by atoms with Gasteiger partial charge < -0.3 is 15.5 Å². The number of anilines is 1. The second-order valence-electron chi connectivity index (χ2n) is 5.24.